The zero-order chi connectivity index (χ0) is 43.1. The number of amides is 1. The summed E-state index contributed by atoms with van der Waals surface area (Å²) < 4.78 is 16.3. The summed E-state index contributed by atoms with van der Waals surface area (Å²) in [5, 5.41) is 61.0. The highest BCUT2D eigenvalue weighted by Gasteiger charge is 2.57. The molecule has 1 atom stereocenters. The van der Waals surface area contributed by atoms with Gasteiger partial charge in [0.25, 0.3) is 5.56 Å². The van der Waals surface area contributed by atoms with Gasteiger partial charge in [-0.25, -0.2) is 14.3 Å². The van der Waals surface area contributed by atoms with Crippen molar-refractivity contribution >= 4 is 35.4 Å². The molecule has 322 valence electrons. The van der Waals surface area contributed by atoms with Crippen LogP contribution in [0.3, 0.4) is 0 Å². The first kappa shape index (κ1) is 41.9. The van der Waals surface area contributed by atoms with E-state index in [1.165, 1.54) is 15.5 Å². The summed E-state index contributed by atoms with van der Waals surface area (Å²) in [6.07, 6.45) is -0.273. The minimum absolute atomic E-state index is 0. The fourth-order valence-electron chi connectivity index (χ4n) is 9.45. The average molecular weight is 865 g/mol. The normalized spacial score (nSPS) is 17.2. The number of hydrogen-bond acceptors (Lipinski definition) is 12. The lowest BCUT2D eigenvalue weighted by Crippen LogP contribution is -2.58. The van der Waals surface area contributed by atoms with Gasteiger partial charge in [0.05, 0.1) is 40.3 Å². The number of carboxylic acid groups (broad SMARTS) is 1. The molecule has 3 aromatic carbocycles. The van der Waals surface area contributed by atoms with Gasteiger partial charge in [0.2, 0.25) is 0 Å². The molecular weight excluding hydrogens is 820 g/mol. The predicted molar refractivity (Wildman–Crippen MR) is 229 cm³/mol. The Bertz CT molecular complexity index is 2840. The van der Waals surface area contributed by atoms with Crippen molar-refractivity contribution in [3.05, 3.63) is 99.3 Å². The van der Waals surface area contributed by atoms with Crippen LogP contribution in [-0.2, 0) is 21.7 Å². The van der Waals surface area contributed by atoms with Crippen LogP contribution in [-0.4, -0.2) is 85.5 Å². The fraction of sp³-hybridized carbons (Fsp3) is 0.333. The Morgan fingerprint density at radius 2 is 1.63 bits per heavy atom. The van der Waals surface area contributed by atoms with E-state index in [0.717, 1.165) is 10.9 Å². The zero-order valence-corrected chi connectivity index (χ0v) is 35.1. The molecule has 3 aliphatic rings. The van der Waals surface area contributed by atoms with E-state index >= 15 is 0 Å². The van der Waals surface area contributed by atoms with E-state index in [9.17, 15) is 39.9 Å². The molecule has 1 fully saturated rings. The third-order valence-electron chi connectivity index (χ3n) is 12.7. The number of phenols is 3. The maximum Gasteiger partial charge on any atom is 0.407 e. The first-order valence-electron chi connectivity index (χ1n) is 20.3. The number of phenolic OH excluding ortho intramolecular Hbond substituents is 3. The topological polar surface area (TPSA) is 223 Å². The van der Waals surface area contributed by atoms with Gasteiger partial charge < -0.3 is 44.5 Å². The number of piperidine rings is 1. The summed E-state index contributed by atoms with van der Waals surface area (Å²) in [5.74, 6) is -1.65. The van der Waals surface area contributed by atoms with Crippen LogP contribution in [0.15, 0.2) is 71.5 Å². The number of hydrogen-bond donors (Lipinski definition) is 5. The molecule has 0 unspecified atom stereocenters. The molecule has 5 N–H and O–H groups in total. The van der Waals surface area contributed by atoms with Crippen LogP contribution in [0.5, 0.6) is 29.0 Å². The van der Waals surface area contributed by atoms with Crippen molar-refractivity contribution in [1.82, 2.24) is 29.2 Å². The zero-order valence-electron chi connectivity index (χ0n) is 34.3. The van der Waals surface area contributed by atoms with Gasteiger partial charge in [0.1, 0.15) is 40.1 Å². The van der Waals surface area contributed by atoms with Crippen LogP contribution >= 0.6 is 12.4 Å². The summed E-state index contributed by atoms with van der Waals surface area (Å²) in [6, 6.07) is 17.5. The number of carbonyl (C=O) groups is 2. The highest BCUT2D eigenvalue weighted by molar-refractivity contribution is 5.87. The number of cyclic esters (lactones) is 1. The number of halogens is 1. The van der Waals surface area contributed by atoms with E-state index < -0.39 is 35.2 Å². The largest absolute Gasteiger partial charge is 0.508 e. The third kappa shape index (κ3) is 6.51. The molecular formula is C45H45ClN6O10. The molecule has 1 saturated heterocycles. The Kier molecular flexibility index (Phi) is 10.3. The van der Waals surface area contributed by atoms with Crippen LogP contribution in [0.1, 0.15) is 87.5 Å². The molecule has 3 aliphatic heterocycles. The van der Waals surface area contributed by atoms with Crippen molar-refractivity contribution in [3.63, 3.8) is 0 Å². The minimum Gasteiger partial charge on any atom is -0.508 e. The second-order valence-corrected chi connectivity index (χ2v) is 16.4. The molecule has 9 rings (SSSR count). The molecule has 0 saturated carbocycles. The lowest BCUT2D eigenvalue weighted by molar-refractivity contribution is -0.176. The lowest BCUT2D eigenvalue weighted by Gasteiger charge is -2.49. The van der Waals surface area contributed by atoms with Crippen LogP contribution in [0.4, 0.5) is 4.79 Å². The fourth-order valence-corrected chi connectivity index (χ4v) is 9.45. The molecule has 1 amide bonds. The number of carbonyl (C=O) groups excluding carboxylic acids is 1. The highest BCUT2D eigenvalue weighted by atomic mass is 35.5. The average Bonchev–Trinajstić information content (AvgIpc) is 3.79. The molecule has 17 heteroatoms. The predicted octanol–water partition coefficient (Wildman–Crippen LogP) is 7.29. The minimum atomic E-state index is -1.39. The maximum atomic E-state index is 14.9. The summed E-state index contributed by atoms with van der Waals surface area (Å²) in [4.78, 5) is 48.0. The number of pyridine rings is 2. The van der Waals surface area contributed by atoms with Gasteiger partial charge in [0.15, 0.2) is 5.82 Å². The number of nitrogens with zero attached hydrogens (tertiary/aromatic N) is 6. The summed E-state index contributed by atoms with van der Waals surface area (Å²) in [7, 11) is 0. The molecule has 3 aromatic heterocycles. The Labute approximate surface area is 361 Å². The second kappa shape index (κ2) is 15.3. The number of esters is 1. The summed E-state index contributed by atoms with van der Waals surface area (Å²) in [5.41, 5.74) is 1.58. The summed E-state index contributed by atoms with van der Waals surface area (Å²) in [6.45, 7) is 7.84. The van der Waals surface area contributed by atoms with Gasteiger partial charge in [-0.15, -0.1) is 17.5 Å². The third-order valence-corrected chi connectivity index (χ3v) is 12.7. The van der Waals surface area contributed by atoms with E-state index in [1.54, 1.807) is 53.1 Å². The number of rotatable bonds is 8. The maximum absolute atomic E-state index is 14.9. The number of fused-ring (bicyclic) bond motifs is 5. The standard InChI is InChI=1S/C45H44N6O10.ClH/c1-5-44(6-2)36-31(20-33-38-25(22-50(33)40(36)55)17-24-18-27(52)9-12-32(24)46-38)37(41(56)61-44)45(13-15-49(16-14-45)43(58)59)60-28-10-7-26(8-11-28)51-39(47-48-42(51)57)30-19-29(23(3)4)34(53)21-35(30)54;/h7-12,17-21,23,37,52-54H,5-6,13-16,22H2,1-4H3,(H,48,57)(H,58,59);1H/t37-;/m1./s1. The van der Waals surface area contributed by atoms with Crippen molar-refractivity contribution in [3.8, 4) is 57.5 Å². The van der Waals surface area contributed by atoms with Gasteiger partial charge in [-0.1, -0.05) is 32.8 Å². The van der Waals surface area contributed by atoms with E-state index in [4.69, 9.17) is 14.5 Å². The quantitative estimate of drug-likeness (QED) is 0.0949. The van der Waals surface area contributed by atoms with Crippen LogP contribution in [0, 0.1) is 0 Å². The van der Waals surface area contributed by atoms with Crippen LogP contribution in [0.25, 0.3) is 39.4 Å². The van der Waals surface area contributed by atoms with Gasteiger partial charge >= 0.3 is 18.1 Å². The van der Waals surface area contributed by atoms with Crippen molar-refractivity contribution in [2.75, 3.05) is 13.1 Å². The van der Waals surface area contributed by atoms with Crippen molar-refractivity contribution in [2.24, 2.45) is 0 Å². The Morgan fingerprint density at radius 1 is 0.919 bits per heavy atom. The van der Waals surface area contributed by atoms with Crippen molar-refractivity contribution < 1.29 is 44.6 Å². The Morgan fingerprint density at radius 3 is 2.29 bits per heavy atom. The number of aromatic hydroxyl groups is 4. The Hall–Kier alpha value is -6.81. The SMILES string of the molecule is CCC1(CC)OC(=O)[C@H](C2(Oc3ccc(-n4c(O)nnc4-c4cc(C(C)C)c(O)cc4O)cc3)CCN(C(=O)O)CC2)c2cc3n(c(=O)c21)Cc1cc2cc(O)ccc2nc1-3.Cl. The molecule has 16 nitrogen and oxygen atoms in total. The first-order chi connectivity index (χ1) is 29.2. The molecule has 0 bridgehead atoms. The van der Waals surface area contributed by atoms with E-state index in [0.29, 0.717) is 57.9 Å². The van der Waals surface area contributed by atoms with Crippen molar-refractivity contribution in [1.29, 1.82) is 0 Å². The number of ether oxygens (including phenoxy) is 2. The molecule has 0 aliphatic carbocycles. The van der Waals surface area contributed by atoms with E-state index in [-0.39, 0.29) is 85.0 Å². The van der Waals surface area contributed by atoms with E-state index in [1.807, 2.05) is 39.8 Å². The van der Waals surface area contributed by atoms with Crippen LogP contribution in [0.2, 0.25) is 0 Å². The molecule has 6 heterocycles. The summed E-state index contributed by atoms with van der Waals surface area (Å²) >= 11 is 0. The second-order valence-electron chi connectivity index (χ2n) is 16.4. The highest BCUT2D eigenvalue weighted by Crippen LogP contribution is 2.51. The molecule has 62 heavy (non-hydrogen) atoms. The number of aromatic nitrogens is 5. The Balaban J connectivity index is 0.00000529. The smallest absolute Gasteiger partial charge is 0.407 e. The van der Waals surface area contributed by atoms with Gasteiger partial charge in [0, 0.05) is 42.9 Å². The van der Waals surface area contributed by atoms with Crippen LogP contribution < -0.4 is 10.3 Å². The van der Waals surface area contributed by atoms with Gasteiger partial charge in [-0.3, -0.25) is 9.59 Å². The number of benzene rings is 3. The van der Waals surface area contributed by atoms with Gasteiger partial charge in [-0.2, -0.15) is 0 Å². The van der Waals surface area contributed by atoms with Crippen molar-refractivity contribution in [2.45, 2.75) is 83.0 Å². The molecule has 0 spiro atoms. The lowest BCUT2D eigenvalue weighted by atomic mass is 9.69. The van der Waals surface area contributed by atoms with E-state index in [2.05, 4.69) is 10.2 Å². The van der Waals surface area contributed by atoms with Gasteiger partial charge in [-0.05, 0) is 90.6 Å². The first-order valence-corrected chi connectivity index (χ1v) is 20.3. The number of likely N-dealkylation sites (tertiary alicyclic amines) is 1. The monoisotopic (exact) mass is 864 g/mol. The molecule has 0 radical (unpaired) electrons. The molecule has 6 aromatic rings.